The van der Waals surface area contributed by atoms with Gasteiger partial charge in [0.15, 0.2) is 0 Å². The first kappa shape index (κ1) is 32.7. The number of aryl methyl sites for hydroxylation is 1. The fourth-order valence-corrected chi connectivity index (χ4v) is 2.91. The van der Waals surface area contributed by atoms with E-state index < -0.39 is 0 Å². The molecule has 0 unspecified atom stereocenters. The summed E-state index contributed by atoms with van der Waals surface area (Å²) in [4.78, 5) is 28.5. The highest BCUT2D eigenvalue weighted by Crippen LogP contribution is 2.22. The van der Waals surface area contributed by atoms with Crippen LogP contribution in [-0.2, 0) is 10.2 Å². The van der Waals surface area contributed by atoms with Crippen LogP contribution in [0.25, 0.3) is 0 Å². The molecule has 0 fully saturated rings. The molecule has 2 N–H and O–H groups in total. The van der Waals surface area contributed by atoms with Crippen molar-refractivity contribution in [3.8, 4) is 5.88 Å². The Labute approximate surface area is 219 Å². The van der Waals surface area contributed by atoms with Crippen LogP contribution in [0, 0.1) is 6.92 Å². The molecule has 0 atom stereocenters. The molecule has 0 spiro atoms. The predicted octanol–water partition coefficient (Wildman–Crippen LogP) is 5.91. The second-order valence-electron chi connectivity index (χ2n) is 8.38. The van der Waals surface area contributed by atoms with Gasteiger partial charge in [0.05, 0.1) is 17.3 Å². The van der Waals surface area contributed by atoms with Crippen LogP contribution in [0.1, 0.15) is 61.8 Å². The zero-order valence-electron chi connectivity index (χ0n) is 22.3. The Morgan fingerprint density at radius 1 is 1.06 bits per heavy atom. The number of aliphatic hydroxyl groups excluding tert-OH is 1. The third kappa shape index (κ3) is 11.4. The second kappa shape index (κ2) is 17.2. The van der Waals surface area contributed by atoms with Crippen molar-refractivity contribution in [3.05, 3.63) is 82.3 Å². The van der Waals surface area contributed by atoms with Crippen molar-refractivity contribution < 1.29 is 19.4 Å². The predicted molar refractivity (Wildman–Crippen MR) is 147 cm³/mol. The van der Waals surface area contributed by atoms with E-state index in [9.17, 15) is 4.79 Å². The highest BCUT2D eigenvalue weighted by atomic mass is 35.5. The normalized spacial score (nSPS) is 9.81. The van der Waals surface area contributed by atoms with Gasteiger partial charge in [-0.2, -0.15) is 0 Å². The average Bonchev–Trinajstić information content (AvgIpc) is 2.86. The molecule has 8 heteroatoms. The van der Waals surface area contributed by atoms with Gasteiger partial charge in [0.2, 0.25) is 11.7 Å². The molecule has 0 saturated heterocycles. The molecular formula is C28H38ClN3O4. The lowest BCUT2D eigenvalue weighted by atomic mass is 9.87. The van der Waals surface area contributed by atoms with Crippen LogP contribution in [0.5, 0.6) is 5.88 Å². The molecule has 0 aliphatic carbocycles. The van der Waals surface area contributed by atoms with Crippen molar-refractivity contribution in [2.75, 3.05) is 25.6 Å². The number of halogens is 1. The number of hydrogen-bond acceptors (Lipinski definition) is 7. The van der Waals surface area contributed by atoms with Crippen molar-refractivity contribution in [2.24, 2.45) is 0 Å². The summed E-state index contributed by atoms with van der Waals surface area (Å²) in [5.41, 5.74) is 4.35. The standard InChI is InChI=1S/C14H14ClN3O2.C11H16.C2H6O.CH2O/c1-3-20-12-5-4-9(7-17-12)14(19)13-11(16-2)6-10(15)8-18-13;1-9-5-7-10(8-6-9)11(2,3)4;1-2-3;1-2/h4-8,16H,3H2,1-2H3;5-8H,1-4H3;3H,2H2,1H3;1H2. The van der Waals surface area contributed by atoms with E-state index >= 15 is 0 Å². The number of carbonyl (C=O) groups is 2. The molecule has 0 bridgehead atoms. The number of nitrogens with one attached hydrogen (secondary N) is 1. The number of rotatable bonds is 5. The van der Waals surface area contributed by atoms with Crippen LogP contribution >= 0.6 is 11.6 Å². The number of aromatic nitrogens is 2. The number of pyridine rings is 2. The topological polar surface area (TPSA) is 101 Å². The van der Waals surface area contributed by atoms with Crippen molar-refractivity contribution in [2.45, 2.75) is 47.0 Å². The second-order valence-corrected chi connectivity index (χ2v) is 8.82. The first-order valence-electron chi connectivity index (χ1n) is 11.5. The fourth-order valence-electron chi connectivity index (χ4n) is 2.75. The van der Waals surface area contributed by atoms with Crippen molar-refractivity contribution in [1.82, 2.24) is 9.97 Å². The smallest absolute Gasteiger partial charge is 0.215 e. The summed E-state index contributed by atoms with van der Waals surface area (Å²) in [5, 5.41) is 10.9. The van der Waals surface area contributed by atoms with Gasteiger partial charge in [-0.1, -0.05) is 62.2 Å². The summed E-state index contributed by atoms with van der Waals surface area (Å²) >= 11 is 5.86. The summed E-state index contributed by atoms with van der Waals surface area (Å²) in [6.45, 7) is 15.2. The molecule has 0 saturated carbocycles. The van der Waals surface area contributed by atoms with Crippen molar-refractivity contribution >= 4 is 29.9 Å². The van der Waals surface area contributed by atoms with E-state index in [1.807, 2.05) is 13.7 Å². The molecule has 2 heterocycles. The van der Waals surface area contributed by atoms with Crippen molar-refractivity contribution in [3.63, 3.8) is 0 Å². The quantitative estimate of drug-likeness (QED) is 0.407. The molecule has 0 amide bonds. The van der Waals surface area contributed by atoms with Gasteiger partial charge in [0.25, 0.3) is 0 Å². The summed E-state index contributed by atoms with van der Waals surface area (Å²) in [7, 11) is 1.71. The van der Waals surface area contributed by atoms with Crippen LogP contribution < -0.4 is 10.1 Å². The number of carbonyl (C=O) groups excluding carboxylic acids is 2. The van der Waals surface area contributed by atoms with E-state index in [2.05, 4.69) is 67.2 Å². The molecule has 7 nitrogen and oxygen atoms in total. The zero-order valence-corrected chi connectivity index (χ0v) is 23.0. The van der Waals surface area contributed by atoms with Gasteiger partial charge in [-0.3, -0.25) is 4.79 Å². The number of hydrogen-bond donors (Lipinski definition) is 2. The Balaban J connectivity index is 0.000000645. The van der Waals surface area contributed by atoms with Crippen LogP contribution in [-0.4, -0.2) is 47.9 Å². The molecule has 196 valence electrons. The Bertz CT molecular complexity index is 1030. The zero-order chi connectivity index (χ0) is 27.7. The van der Waals surface area contributed by atoms with E-state index in [1.54, 1.807) is 32.2 Å². The van der Waals surface area contributed by atoms with E-state index in [1.165, 1.54) is 23.5 Å². The van der Waals surface area contributed by atoms with Gasteiger partial charge in [0.1, 0.15) is 12.5 Å². The van der Waals surface area contributed by atoms with E-state index in [4.69, 9.17) is 26.2 Å². The number of nitrogens with zero attached hydrogens (tertiary/aromatic N) is 2. The molecule has 0 aliphatic rings. The van der Waals surface area contributed by atoms with Gasteiger partial charge in [-0.05, 0) is 43.9 Å². The van der Waals surface area contributed by atoms with E-state index in [-0.39, 0.29) is 17.8 Å². The molecule has 2 aromatic heterocycles. The van der Waals surface area contributed by atoms with E-state index in [0.29, 0.717) is 34.5 Å². The summed E-state index contributed by atoms with van der Waals surface area (Å²) in [6, 6.07) is 13.7. The monoisotopic (exact) mass is 515 g/mol. The largest absolute Gasteiger partial charge is 0.478 e. The highest BCUT2D eigenvalue weighted by molar-refractivity contribution is 6.31. The first-order chi connectivity index (χ1) is 17.1. The van der Waals surface area contributed by atoms with E-state index in [0.717, 1.165) is 0 Å². The summed E-state index contributed by atoms with van der Waals surface area (Å²) in [5.74, 6) is 0.267. The summed E-state index contributed by atoms with van der Waals surface area (Å²) < 4.78 is 5.24. The molecule has 1 aromatic carbocycles. The molecule has 3 aromatic rings. The molecule has 3 rings (SSSR count). The number of ketones is 1. The minimum absolute atomic E-state index is 0.221. The fraction of sp³-hybridized carbons (Fsp3) is 0.357. The minimum Gasteiger partial charge on any atom is -0.478 e. The van der Waals surface area contributed by atoms with Gasteiger partial charge >= 0.3 is 0 Å². The SMILES string of the molecule is C=O.CCO.CCOc1ccc(C(=O)c2ncc(Cl)cc2NC)cn1.Cc1ccc(C(C)(C)C)cc1. The summed E-state index contributed by atoms with van der Waals surface area (Å²) in [6.07, 6.45) is 2.92. The Morgan fingerprint density at radius 3 is 2.08 bits per heavy atom. The maximum atomic E-state index is 12.4. The van der Waals surface area contributed by atoms with Crippen LogP contribution in [0.3, 0.4) is 0 Å². The Morgan fingerprint density at radius 2 is 1.64 bits per heavy atom. The third-order valence-corrected chi connectivity index (χ3v) is 4.75. The number of benzene rings is 1. The van der Waals surface area contributed by atoms with Crippen LogP contribution in [0.4, 0.5) is 5.69 Å². The number of ether oxygens (including phenoxy) is 1. The van der Waals surface area contributed by atoms with Crippen LogP contribution in [0.2, 0.25) is 5.02 Å². The lowest BCUT2D eigenvalue weighted by Crippen LogP contribution is -2.10. The molecule has 36 heavy (non-hydrogen) atoms. The number of anilines is 1. The Hall–Kier alpha value is -3.29. The number of aliphatic hydroxyl groups is 1. The Kier molecular flexibility index (Phi) is 15.6. The maximum absolute atomic E-state index is 12.4. The molecule has 0 aliphatic heterocycles. The molecular weight excluding hydrogens is 478 g/mol. The van der Waals surface area contributed by atoms with Gasteiger partial charge in [0, 0.05) is 37.7 Å². The maximum Gasteiger partial charge on any atom is 0.215 e. The van der Waals surface area contributed by atoms with Gasteiger partial charge < -0.3 is 20.0 Å². The van der Waals surface area contributed by atoms with Crippen molar-refractivity contribution in [1.29, 1.82) is 0 Å². The third-order valence-electron chi connectivity index (χ3n) is 4.55. The van der Waals surface area contributed by atoms with Gasteiger partial charge in [-0.15, -0.1) is 0 Å². The first-order valence-corrected chi connectivity index (χ1v) is 11.9. The highest BCUT2D eigenvalue weighted by Gasteiger charge is 2.16. The molecule has 0 radical (unpaired) electrons. The van der Waals surface area contributed by atoms with Crippen LogP contribution in [0.15, 0.2) is 54.9 Å². The average molecular weight is 516 g/mol. The van der Waals surface area contributed by atoms with Gasteiger partial charge in [-0.25, -0.2) is 9.97 Å². The lowest BCUT2D eigenvalue weighted by Gasteiger charge is -2.18. The lowest BCUT2D eigenvalue weighted by molar-refractivity contribution is -0.0980. The minimum atomic E-state index is -0.221.